The average molecular weight is 438 g/mol. The highest BCUT2D eigenvalue weighted by Gasteiger charge is 2.40. The lowest BCUT2D eigenvalue weighted by Gasteiger charge is -2.25. The van der Waals surface area contributed by atoms with Gasteiger partial charge in [-0.3, -0.25) is 9.59 Å². The van der Waals surface area contributed by atoms with Crippen molar-refractivity contribution in [2.45, 2.75) is 25.2 Å². The summed E-state index contributed by atoms with van der Waals surface area (Å²) in [5, 5.41) is 2.88. The van der Waals surface area contributed by atoms with Crippen molar-refractivity contribution in [3.05, 3.63) is 107 Å². The molecule has 2 amide bonds. The highest BCUT2D eigenvalue weighted by molar-refractivity contribution is 6.04. The Morgan fingerprint density at radius 1 is 0.906 bits per heavy atom. The van der Waals surface area contributed by atoms with Gasteiger partial charge in [-0.05, 0) is 35.2 Å². The molecule has 3 aromatic rings. The third-order valence-corrected chi connectivity index (χ3v) is 5.51. The Labute approximate surface area is 183 Å². The summed E-state index contributed by atoms with van der Waals surface area (Å²) >= 11 is 0. The maximum Gasteiger partial charge on any atom is 0.416 e. The smallest absolute Gasteiger partial charge is 0.350 e. The van der Waals surface area contributed by atoms with Crippen LogP contribution in [0.3, 0.4) is 0 Å². The van der Waals surface area contributed by atoms with Crippen LogP contribution in [0.15, 0.2) is 78.9 Å². The molecule has 32 heavy (non-hydrogen) atoms. The zero-order chi connectivity index (χ0) is 22.7. The van der Waals surface area contributed by atoms with E-state index in [1.165, 1.54) is 11.0 Å². The van der Waals surface area contributed by atoms with E-state index in [4.69, 9.17) is 0 Å². The Morgan fingerprint density at radius 2 is 1.59 bits per heavy atom. The maximum absolute atomic E-state index is 13.1. The molecule has 1 atom stereocenters. The van der Waals surface area contributed by atoms with E-state index in [0.717, 1.165) is 17.7 Å². The van der Waals surface area contributed by atoms with E-state index in [0.29, 0.717) is 23.2 Å². The molecule has 0 saturated carbocycles. The minimum absolute atomic E-state index is 0.123. The predicted molar refractivity (Wildman–Crippen MR) is 114 cm³/mol. The van der Waals surface area contributed by atoms with Crippen molar-refractivity contribution >= 4 is 11.8 Å². The fraction of sp³-hybridized carbons (Fsp3) is 0.200. The van der Waals surface area contributed by atoms with E-state index in [1.54, 1.807) is 30.3 Å². The first-order valence-corrected chi connectivity index (χ1v) is 10.2. The van der Waals surface area contributed by atoms with Crippen molar-refractivity contribution in [2.24, 2.45) is 0 Å². The first-order chi connectivity index (χ1) is 15.3. The summed E-state index contributed by atoms with van der Waals surface area (Å²) in [5.41, 5.74) is 1.69. The number of nitrogens with zero attached hydrogens (tertiary/aromatic N) is 1. The van der Waals surface area contributed by atoms with Gasteiger partial charge >= 0.3 is 6.18 Å². The Bertz CT molecular complexity index is 1130. The monoisotopic (exact) mass is 438 g/mol. The number of halogens is 3. The van der Waals surface area contributed by atoms with Gasteiger partial charge in [0, 0.05) is 18.7 Å². The third-order valence-electron chi connectivity index (χ3n) is 5.51. The topological polar surface area (TPSA) is 49.4 Å². The lowest BCUT2D eigenvalue weighted by molar-refractivity contribution is -0.137. The third kappa shape index (κ3) is 4.51. The van der Waals surface area contributed by atoms with Crippen molar-refractivity contribution in [1.82, 2.24) is 10.2 Å². The molecule has 1 aliphatic heterocycles. The van der Waals surface area contributed by atoms with Crippen LogP contribution in [0.4, 0.5) is 13.2 Å². The summed E-state index contributed by atoms with van der Waals surface area (Å²) in [4.78, 5) is 27.5. The van der Waals surface area contributed by atoms with Crippen molar-refractivity contribution in [3.8, 4) is 0 Å². The average Bonchev–Trinajstić information content (AvgIpc) is 3.08. The molecule has 0 aromatic heterocycles. The second kappa shape index (κ2) is 8.86. The summed E-state index contributed by atoms with van der Waals surface area (Å²) in [7, 11) is 0. The van der Waals surface area contributed by atoms with Crippen molar-refractivity contribution in [2.75, 3.05) is 6.54 Å². The number of carbonyl (C=O) groups is 2. The standard InChI is InChI=1S/C25H21F3N2O2/c26-25(27,28)19-10-6-9-17(15-19)13-14-30-22(20-11-4-5-12-21(20)24(30)32)23(31)29-16-18-7-2-1-3-8-18/h1-12,15,22H,13-14,16H2,(H,29,31). The highest BCUT2D eigenvalue weighted by Crippen LogP contribution is 2.34. The van der Waals surface area contributed by atoms with Crippen LogP contribution >= 0.6 is 0 Å². The first kappa shape index (κ1) is 21.6. The number of alkyl halides is 3. The van der Waals surface area contributed by atoms with Crippen LogP contribution in [0.2, 0.25) is 0 Å². The summed E-state index contributed by atoms with van der Waals surface area (Å²) in [6, 6.07) is 20.5. The van der Waals surface area contributed by atoms with Gasteiger partial charge in [0.2, 0.25) is 5.91 Å². The van der Waals surface area contributed by atoms with E-state index < -0.39 is 17.8 Å². The van der Waals surface area contributed by atoms with E-state index in [1.807, 2.05) is 30.3 Å². The number of amides is 2. The molecule has 1 unspecified atom stereocenters. The van der Waals surface area contributed by atoms with Gasteiger partial charge in [-0.15, -0.1) is 0 Å². The number of fused-ring (bicyclic) bond motifs is 1. The van der Waals surface area contributed by atoms with E-state index >= 15 is 0 Å². The van der Waals surface area contributed by atoms with Gasteiger partial charge in [0.15, 0.2) is 0 Å². The largest absolute Gasteiger partial charge is 0.416 e. The summed E-state index contributed by atoms with van der Waals surface area (Å²) in [5.74, 6) is -0.622. The molecule has 4 nitrogen and oxygen atoms in total. The van der Waals surface area contributed by atoms with E-state index in [-0.39, 0.29) is 24.8 Å². The van der Waals surface area contributed by atoms with Crippen LogP contribution in [0, 0.1) is 0 Å². The summed E-state index contributed by atoms with van der Waals surface area (Å²) in [6.07, 6.45) is -4.23. The van der Waals surface area contributed by atoms with E-state index in [2.05, 4.69) is 5.32 Å². The minimum atomic E-state index is -4.43. The minimum Gasteiger partial charge on any atom is -0.350 e. The van der Waals surface area contributed by atoms with Crippen LogP contribution in [-0.4, -0.2) is 23.3 Å². The molecule has 164 valence electrons. The van der Waals surface area contributed by atoms with Gasteiger partial charge in [-0.1, -0.05) is 66.7 Å². The summed E-state index contributed by atoms with van der Waals surface area (Å²) in [6.45, 7) is 0.437. The fourth-order valence-corrected chi connectivity index (χ4v) is 3.92. The normalized spacial score (nSPS) is 15.5. The zero-order valence-electron chi connectivity index (χ0n) is 17.1. The van der Waals surface area contributed by atoms with Crippen LogP contribution in [-0.2, 0) is 23.9 Å². The number of hydrogen-bond donors (Lipinski definition) is 1. The highest BCUT2D eigenvalue weighted by atomic mass is 19.4. The molecule has 1 heterocycles. The van der Waals surface area contributed by atoms with Crippen molar-refractivity contribution < 1.29 is 22.8 Å². The van der Waals surface area contributed by atoms with Gasteiger partial charge < -0.3 is 10.2 Å². The maximum atomic E-state index is 13.1. The molecule has 0 bridgehead atoms. The SMILES string of the molecule is O=C(NCc1ccccc1)C1c2ccccc2C(=O)N1CCc1cccc(C(F)(F)F)c1. The molecule has 4 rings (SSSR count). The van der Waals surface area contributed by atoms with Gasteiger partial charge in [0.25, 0.3) is 5.91 Å². The van der Waals surface area contributed by atoms with Crippen molar-refractivity contribution in [3.63, 3.8) is 0 Å². The fourth-order valence-electron chi connectivity index (χ4n) is 3.92. The molecule has 1 aliphatic rings. The molecule has 0 aliphatic carbocycles. The van der Waals surface area contributed by atoms with Crippen LogP contribution in [0.1, 0.15) is 38.7 Å². The number of nitrogens with one attached hydrogen (secondary N) is 1. The molecule has 0 fully saturated rings. The van der Waals surface area contributed by atoms with Crippen LogP contribution < -0.4 is 5.32 Å². The number of benzene rings is 3. The van der Waals surface area contributed by atoms with Crippen LogP contribution in [0.25, 0.3) is 0 Å². The van der Waals surface area contributed by atoms with E-state index in [9.17, 15) is 22.8 Å². The number of hydrogen-bond acceptors (Lipinski definition) is 2. The molecule has 1 N–H and O–H groups in total. The van der Waals surface area contributed by atoms with Gasteiger partial charge in [-0.25, -0.2) is 0 Å². The molecule has 3 aromatic carbocycles. The predicted octanol–water partition coefficient (Wildman–Crippen LogP) is 4.76. The lowest BCUT2D eigenvalue weighted by Crippen LogP contribution is -2.39. The number of rotatable bonds is 6. The Morgan fingerprint density at radius 3 is 2.34 bits per heavy atom. The molecular weight excluding hydrogens is 417 g/mol. The number of carbonyl (C=O) groups excluding carboxylic acids is 2. The molecule has 0 saturated heterocycles. The molecule has 0 spiro atoms. The Hall–Kier alpha value is -3.61. The Balaban J connectivity index is 1.53. The van der Waals surface area contributed by atoms with Gasteiger partial charge in [0.1, 0.15) is 6.04 Å². The first-order valence-electron chi connectivity index (χ1n) is 10.2. The zero-order valence-corrected chi connectivity index (χ0v) is 17.1. The summed E-state index contributed by atoms with van der Waals surface area (Å²) < 4.78 is 39.1. The molecule has 0 radical (unpaired) electrons. The molecule has 7 heteroatoms. The second-order valence-electron chi connectivity index (χ2n) is 7.64. The van der Waals surface area contributed by atoms with Gasteiger partial charge in [0.05, 0.1) is 5.56 Å². The Kier molecular flexibility index (Phi) is 5.99. The van der Waals surface area contributed by atoms with Gasteiger partial charge in [-0.2, -0.15) is 13.2 Å². The quantitative estimate of drug-likeness (QED) is 0.603. The van der Waals surface area contributed by atoms with Crippen LogP contribution in [0.5, 0.6) is 0 Å². The van der Waals surface area contributed by atoms with Crippen molar-refractivity contribution in [1.29, 1.82) is 0 Å². The lowest BCUT2D eigenvalue weighted by atomic mass is 10.0. The molecular formula is C25H21F3N2O2. The second-order valence-corrected chi connectivity index (χ2v) is 7.64.